The van der Waals surface area contributed by atoms with E-state index in [1.165, 1.54) is 44.9 Å². The molecule has 0 heterocycles. The molecule has 1 unspecified atom stereocenters. The van der Waals surface area contributed by atoms with Crippen molar-refractivity contribution >= 4 is 0 Å². The van der Waals surface area contributed by atoms with Crippen LogP contribution >= 0.6 is 0 Å². The van der Waals surface area contributed by atoms with Gasteiger partial charge < -0.3 is 0 Å². The molecule has 2 nitrogen and oxygen atoms in total. The minimum Gasteiger partial charge on any atom is -0.271 e. The van der Waals surface area contributed by atoms with Crippen LogP contribution in [0.3, 0.4) is 0 Å². The van der Waals surface area contributed by atoms with E-state index in [2.05, 4.69) is 33.1 Å². The Kier molecular flexibility index (Phi) is 8.07. The van der Waals surface area contributed by atoms with Crippen molar-refractivity contribution < 1.29 is 0 Å². The van der Waals surface area contributed by atoms with Gasteiger partial charge in [-0.3, -0.25) is 11.3 Å². The van der Waals surface area contributed by atoms with Crippen LogP contribution in [0.5, 0.6) is 0 Å². The van der Waals surface area contributed by atoms with Crippen molar-refractivity contribution in [2.24, 2.45) is 11.3 Å². The maximum atomic E-state index is 5.57. The van der Waals surface area contributed by atoms with Gasteiger partial charge in [0.05, 0.1) is 0 Å². The first-order valence-electron chi connectivity index (χ1n) is 6.45. The van der Waals surface area contributed by atoms with Crippen LogP contribution in [0.1, 0.15) is 72.6 Å². The molecule has 0 aromatic rings. The first kappa shape index (κ1) is 14.9. The lowest BCUT2D eigenvalue weighted by Gasteiger charge is -2.22. The molecule has 1 atom stereocenters. The molecule has 0 aromatic heterocycles. The highest BCUT2D eigenvalue weighted by atomic mass is 15.2. The normalized spacial score (nSPS) is 14.2. The Hall–Kier alpha value is -0.0800. The number of nitrogens with one attached hydrogen (secondary N) is 1. The van der Waals surface area contributed by atoms with Crippen molar-refractivity contribution in [2.75, 3.05) is 0 Å². The summed E-state index contributed by atoms with van der Waals surface area (Å²) in [7, 11) is 0. The quantitative estimate of drug-likeness (QED) is 0.368. The van der Waals surface area contributed by atoms with Gasteiger partial charge in [-0.25, -0.2) is 0 Å². The van der Waals surface area contributed by atoms with E-state index in [9.17, 15) is 0 Å². The first-order chi connectivity index (χ1) is 6.99. The van der Waals surface area contributed by atoms with Crippen LogP contribution in [-0.4, -0.2) is 6.04 Å². The molecule has 0 radical (unpaired) electrons. The van der Waals surface area contributed by atoms with E-state index >= 15 is 0 Å². The van der Waals surface area contributed by atoms with E-state index in [4.69, 9.17) is 5.84 Å². The predicted molar refractivity (Wildman–Crippen MR) is 68.6 cm³/mol. The second-order valence-electron chi connectivity index (χ2n) is 5.81. The van der Waals surface area contributed by atoms with Gasteiger partial charge in [-0.2, -0.15) is 0 Å². The number of hydrogen-bond donors (Lipinski definition) is 2. The number of unbranched alkanes of at least 4 members (excludes halogenated alkanes) is 3. The molecule has 2 heteroatoms. The molecule has 15 heavy (non-hydrogen) atoms. The third-order valence-corrected chi connectivity index (χ3v) is 2.88. The molecule has 92 valence electrons. The zero-order chi connectivity index (χ0) is 11.7. The summed E-state index contributed by atoms with van der Waals surface area (Å²) in [5.74, 6) is 5.57. The summed E-state index contributed by atoms with van der Waals surface area (Å²) < 4.78 is 0. The van der Waals surface area contributed by atoms with Crippen LogP contribution in [-0.2, 0) is 0 Å². The van der Waals surface area contributed by atoms with Gasteiger partial charge in [0.1, 0.15) is 0 Å². The standard InChI is InChI=1S/C13H30N2/c1-5-6-7-8-9-12(15-14)10-11-13(2,3)4/h12,15H,5-11,14H2,1-4H3. The van der Waals surface area contributed by atoms with Gasteiger partial charge in [0.2, 0.25) is 0 Å². The molecule has 3 N–H and O–H groups in total. The minimum absolute atomic E-state index is 0.429. The Morgan fingerprint density at radius 1 is 1.07 bits per heavy atom. The molecule has 0 aliphatic heterocycles. The molecule has 0 rings (SSSR count). The van der Waals surface area contributed by atoms with Crippen LogP contribution in [0.15, 0.2) is 0 Å². The number of hydrogen-bond acceptors (Lipinski definition) is 2. The van der Waals surface area contributed by atoms with Crippen LogP contribution in [0.4, 0.5) is 0 Å². The largest absolute Gasteiger partial charge is 0.271 e. The highest BCUT2D eigenvalue weighted by molar-refractivity contribution is 4.69. The zero-order valence-corrected chi connectivity index (χ0v) is 11.1. The summed E-state index contributed by atoms with van der Waals surface area (Å²) in [5, 5.41) is 0. The summed E-state index contributed by atoms with van der Waals surface area (Å²) in [6.45, 7) is 9.12. The number of hydrazine groups is 1. The molecule has 0 spiro atoms. The molecule has 0 aliphatic carbocycles. The Morgan fingerprint density at radius 3 is 2.20 bits per heavy atom. The Bertz CT molecular complexity index is 138. The molecule has 0 bridgehead atoms. The second-order valence-corrected chi connectivity index (χ2v) is 5.81. The first-order valence-corrected chi connectivity index (χ1v) is 6.45. The van der Waals surface area contributed by atoms with E-state index in [0.29, 0.717) is 11.5 Å². The fraction of sp³-hybridized carbons (Fsp3) is 1.00. The summed E-state index contributed by atoms with van der Waals surface area (Å²) in [4.78, 5) is 0. The summed E-state index contributed by atoms with van der Waals surface area (Å²) >= 11 is 0. The fourth-order valence-electron chi connectivity index (χ4n) is 1.74. The van der Waals surface area contributed by atoms with Crippen LogP contribution in [0.25, 0.3) is 0 Å². The third kappa shape index (κ3) is 10.2. The highest BCUT2D eigenvalue weighted by Gasteiger charge is 2.13. The SMILES string of the molecule is CCCCCCC(CCC(C)(C)C)NN. The van der Waals surface area contributed by atoms with E-state index in [-0.39, 0.29) is 0 Å². The maximum absolute atomic E-state index is 5.57. The molecular formula is C13H30N2. The van der Waals surface area contributed by atoms with Crippen molar-refractivity contribution in [1.82, 2.24) is 5.43 Å². The molecular weight excluding hydrogens is 184 g/mol. The number of nitrogens with two attached hydrogens (primary N) is 1. The lowest BCUT2D eigenvalue weighted by atomic mass is 9.88. The van der Waals surface area contributed by atoms with E-state index in [1.54, 1.807) is 0 Å². The smallest absolute Gasteiger partial charge is 0.0210 e. The van der Waals surface area contributed by atoms with Gasteiger partial charge in [-0.05, 0) is 24.7 Å². The van der Waals surface area contributed by atoms with Crippen LogP contribution < -0.4 is 11.3 Å². The van der Waals surface area contributed by atoms with Gasteiger partial charge in [0, 0.05) is 6.04 Å². The molecule has 0 aromatic carbocycles. The molecule has 0 saturated carbocycles. The van der Waals surface area contributed by atoms with Crippen molar-refractivity contribution in [3.63, 3.8) is 0 Å². The Balaban J connectivity index is 3.55. The summed E-state index contributed by atoms with van der Waals surface area (Å²) in [6, 6.07) is 0.515. The highest BCUT2D eigenvalue weighted by Crippen LogP contribution is 2.22. The van der Waals surface area contributed by atoms with Crippen molar-refractivity contribution in [3.05, 3.63) is 0 Å². The molecule has 0 saturated heterocycles. The van der Waals surface area contributed by atoms with Gasteiger partial charge in [-0.15, -0.1) is 0 Å². The second kappa shape index (κ2) is 8.12. The zero-order valence-electron chi connectivity index (χ0n) is 11.1. The molecule has 0 aliphatic rings. The Morgan fingerprint density at radius 2 is 1.73 bits per heavy atom. The average molecular weight is 214 g/mol. The Labute approximate surface area is 96.0 Å². The number of rotatable bonds is 8. The lowest BCUT2D eigenvalue weighted by molar-refractivity contribution is 0.320. The third-order valence-electron chi connectivity index (χ3n) is 2.88. The minimum atomic E-state index is 0.429. The fourth-order valence-corrected chi connectivity index (χ4v) is 1.74. The van der Waals surface area contributed by atoms with E-state index < -0.39 is 0 Å². The monoisotopic (exact) mass is 214 g/mol. The molecule has 0 fully saturated rings. The van der Waals surface area contributed by atoms with E-state index in [1.807, 2.05) is 0 Å². The predicted octanol–water partition coefficient (Wildman–Crippen LogP) is 3.62. The lowest BCUT2D eigenvalue weighted by Crippen LogP contribution is -2.35. The van der Waals surface area contributed by atoms with Gasteiger partial charge >= 0.3 is 0 Å². The van der Waals surface area contributed by atoms with Crippen LogP contribution in [0.2, 0.25) is 0 Å². The summed E-state index contributed by atoms with van der Waals surface area (Å²) in [6.07, 6.45) is 9.00. The maximum Gasteiger partial charge on any atom is 0.0210 e. The van der Waals surface area contributed by atoms with E-state index in [0.717, 1.165) is 0 Å². The van der Waals surface area contributed by atoms with Gasteiger partial charge in [0.25, 0.3) is 0 Å². The van der Waals surface area contributed by atoms with Gasteiger partial charge in [-0.1, -0.05) is 53.4 Å². The van der Waals surface area contributed by atoms with Crippen molar-refractivity contribution in [2.45, 2.75) is 78.7 Å². The molecule has 0 amide bonds. The van der Waals surface area contributed by atoms with Gasteiger partial charge in [0.15, 0.2) is 0 Å². The van der Waals surface area contributed by atoms with Crippen molar-refractivity contribution in [3.8, 4) is 0 Å². The van der Waals surface area contributed by atoms with Crippen molar-refractivity contribution in [1.29, 1.82) is 0 Å². The average Bonchev–Trinajstić information content (AvgIpc) is 2.15. The summed E-state index contributed by atoms with van der Waals surface area (Å²) in [5.41, 5.74) is 3.38. The topological polar surface area (TPSA) is 38.0 Å². The van der Waals surface area contributed by atoms with Crippen LogP contribution in [0, 0.1) is 5.41 Å².